The quantitative estimate of drug-likeness (QED) is 0.704. The molecular formula is C19H27N5O3. The number of carbonyl (C=O) groups is 2. The van der Waals surface area contributed by atoms with Crippen LogP contribution in [0.2, 0.25) is 0 Å². The summed E-state index contributed by atoms with van der Waals surface area (Å²) in [7, 11) is 3.77. The summed E-state index contributed by atoms with van der Waals surface area (Å²) in [5, 5.41) is 0. The number of fused-ring (bicyclic) bond motifs is 3. The first-order valence-corrected chi connectivity index (χ1v) is 9.63. The highest BCUT2D eigenvalue weighted by Gasteiger charge is 2.47. The second-order valence-electron chi connectivity index (χ2n) is 8.31. The molecule has 0 bridgehead atoms. The molecule has 2 amide bonds. The highest BCUT2D eigenvalue weighted by atomic mass is 16.2. The summed E-state index contributed by atoms with van der Waals surface area (Å²) in [6, 6.07) is 0. The maximum absolute atomic E-state index is 13.4. The Bertz CT molecular complexity index is 862. The molecule has 4 heterocycles. The van der Waals surface area contributed by atoms with Gasteiger partial charge in [0, 0.05) is 39.4 Å². The molecule has 3 aliphatic heterocycles. The Labute approximate surface area is 158 Å². The molecule has 0 aliphatic carbocycles. The van der Waals surface area contributed by atoms with E-state index in [0.717, 1.165) is 30.8 Å². The molecule has 8 heteroatoms. The average Bonchev–Trinajstić information content (AvgIpc) is 3.19. The SMILES string of the molecule is CC(=O)N1CCc2nc3n(c(=O)c2C1)C1(CC3)CCN(C(=O)CN(C)C)C1. The van der Waals surface area contributed by atoms with E-state index in [9.17, 15) is 14.4 Å². The van der Waals surface area contributed by atoms with E-state index in [0.29, 0.717) is 44.7 Å². The molecule has 1 atom stereocenters. The van der Waals surface area contributed by atoms with Gasteiger partial charge in [-0.05, 0) is 26.9 Å². The Morgan fingerprint density at radius 1 is 1.15 bits per heavy atom. The van der Waals surface area contributed by atoms with Gasteiger partial charge in [0.25, 0.3) is 5.56 Å². The number of hydrogen-bond donors (Lipinski definition) is 0. The largest absolute Gasteiger partial charge is 0.339 e. The van der Waals surface area contributed by atoms with Gasteiger partial charge in [0.05, 0.1) is 29.9 Å². The molecule has 0 saturated carbocycles. The fourth-order valence-electron chi connectivity index (χ4n) is 4.73. The molecule has 1 aromatic heterocycles. The molecule has 3 aliphatic rings. The van der Waals surface area contributed by atoms with E-state index in [4.69, 9.17) is 4.98 Å². The maximum Gasteiger partial charge on any atom is 0.259 e. The Morgan fingerprint density at radius 2 is 1.93 bits per heavy atom. The molecular weight excluding hydrogens is 346 g/mol. The van der Waals surface area contributed by atoms with Crippen molar-refractivity contribution in [3.8, 4) is 0 Å². The topological polar surface area (TPSA) is 78.8 Å². The predicted molar refractivity (Wildman–Crippen MR) is 99.3 cm³/mol. The number of rotatable bonds is 2. The van der Waals surface area contributed by atoms with Crippen molar-refractivity contribution in [2.24, 2.45) is 0 Å². The van der Waals surface area contributed by atoms with Gasteiger partial charge in [-0.3, -0.25) is 19.0 Å². The fourth-order valence-corrected chi connectivity index (χ4v) is 4.73. The van der Waals surface area contributed by atoms with Crippen molar-refractivity contribution in [3.63, 3.8) is 0 Å². The van der Waals surface area contributed by atoms with Crippen molar-refractivity contribution < 1.29 is 9.59 Å². The number of aryl methyl sites for hydroxylation is 1. The molecule has 1 saturated heterocycles. The first-order chi connectivity index (χ1) is 12.8. The Hall–Kier alpha value is -2.22. The third-order valence-electron chi connectivity index (χ3n) is 6.17. The Kier molecular flexibility index (Phi) is 4.33. The van der Waals surface area contributed by atoms with Crippen LogP contribution in [0.1, 0.15) is 36.8 Å². The van der Waals surface area contributed by atoms with E-state index in [-0.39, 0.29) is 22.9 Å². The summed E-state index contributed by atoms with van der Waals surface area (Å²) >= 11 is 0. The summed E-state index contributed by atoms with van der Waals surface area (Å²) in [5.74, 6) is 0.936. The number of aromatic nitrogens is 2. The minimum absolute atomic E-state index is 0.0124. The van der Waals surface area contributed by atoms with Gasteiger partial charge in [-0.2, -0.15) is 0 Å². The van der Waals surface area contributed by atoms with Crippen molar-refractivity contribution >= 4 is 11.8 Å². The van der Waals surface area contributed by atoms with Crippen LogP contribution in [-0.2, 0) is 34.5 Å². The van der Waals surface area contributed by atoms with Crippen molar-refractivity contribution in [3.05, 3.63) is 27.4 Å². The van der Waals surface area contributed by atoms with Crippen LogP contribution >= 0.6 is 0 Å². The summed E-state index contributed by atoms with van der Waals surface area (Å²) in [6.45, 7) is 4.13. The average molecular weight is 373 g/mol. The number of likely N-dealkylation sites (N-methyl/N-ethyl adjacent to an activating group) is 1. The van der Waals surface area contributed by atoms with Gasteiger partial charge in [-0.1, -0.05) is 0 Å². The van der Waals surface area contributed by atoms with Gasteiger partial charge in [0.2, 0.25) is 11.8 Å². The molecule has 1 aromatic rings. The van der Waals surface area contributed by atoms with Crippen molar-refractivity contribution in [1.29, 1.82) is 0 Å². The normalized spacial score (nSPS) is 23.9. The summed E-state index contributed by atoms with van der Waals surface area (Å²) in [4.78, 5) is 47.9. The molecule has 4 rings (SSSR count). The Morgan fingerprint density at radius 3 is 2.63 bits per heavy atom. The van der Waals surface area contributed by atoms with Crippen LogP contribution in [0.15, 0.2) is 4.79 Å². The second kappa shape index (κ2) is 6.44. The monoisotopic (exact) mass is 373 g/mol. The summed E-state index contributed by atoms with van der Waals surface area (Å²) < 4.78 is 1.86. The lowest BCUT2D eigenvalue weighted by Gasteiger charge is -2.31. The third kappa shape index (κ3) is 2.96. The van der Waals surface area contributed by atoms with Gasteiger partial charge >= 0.3 is 0 Å². The molecule has 8 nitrogen and oxygen atoms in total. The van der Waals surface area contributed by atoms with Crippen LogP contribution in [0, 0.1) is 0 Å². The van der Waals surface area contributed by atoms with Gasteiger partial charge in [-0.15, -0.1) is 0 Å². The van der Waals surface area contributed by atoms with Gasteiger partial charge in [0.15, 0.2) is 0 Å². The van der Waals surface area contributed by atoms with E-state index in [1.807, 2.05) is 28.5 Å². The number of amides is 2. The third-order valence-corrected chi connectivity index (χ3v) is 6.17. The van der Waals surface area contributed by atoms with Crippen molar-refractivity contribution in [2.75, 3.05) is 40.3 Å². The first kappa shape index (κ1) is 18.2. The lowest BCUT2D eigenvalue weighted by atomic mass is 9.95. The van der Waals surface area contributed by atoms with Gasteiger partial charge in [-0.25, -0.2) is 4.98 Å². The van der Waals surface area contributed by atoms with E-state index in [1.54, 1.807) is 4.90 Å². The maximum atomic E-state index is 13.4. The lowest BCUT2D eigenvalue weighted by molar-refractivity contribution is -0.131. The standard InChI is InChI=1S/C19H27N5O3/c1-13(25)22-8-5-15-14(10-22)18(27)24-16(20-15)4-6-19(24)7-9-23(12-19)17(26)11-21(2)3/h4-12H2,1-3H3. The van der Waals surface area contributed by atoms with Crippen LogP contribution in [-0.4, -0.2) is 76.3 Å². The zero-order valence-corrected chi connectivity index (χ0v) is 16.3. The zero-order chi connectivity index (χ0) is 19.3. The second-order valence-corrected chi connectivity index (χ2v) is 8.31. The molecule has 0 N–H and O–H groups in total. The van der Waals surface area contributed by atoms with Crippen LogP contribution in [0.3, 0.4) is 0 Å². The molecule has 1 fully saturated rings. The minimum Gasteiger partial charge on any atom is -0.339 e. The smallest absolute Gasteiger partial charge is 0.259 e. The lowest BCUT2D eigenvalue weighted by Crippen LogP contribution is -2.46. The van der Waals surface area contributed by atoms with Crippen LogP contribution in [0.5, 0.6) is 0 Å². The highest BCUT2D eigenvalue weighted by Crippen LogP contribution is 2.38. The van der Waals surface area contributed by atoms with Crippen LogP contribution in [0.25, 0.3) is 0 Å². The van der Waals surface area contributed by atoms with E-state index < -0.39 is 0 Å². The minimum atomic E-state index is -0.338. The molecule has 0 radical (unpaired) electrons. The molecule has 146 valence electrons. The summed E-state index contributed by atoms with van der Waals surface area (Å²) in [6.07, 6.45) is 3.04. The molecule has 1 spiro atoms. The molecule has 1 unspecified atom stereocenters. The van der Waals surface area contributed by atoms with E-state index in [1.165, 1.54) is 6.92 Å². The van der Waals surface area contributed by atoms with Crippen molar-refractivity contribution in [1.82, 2.24) is 24.3 Å². The van der Waals surface area contributed by atoms with Gasteiger partial charge in [0.1, 0.15) is 5.82 Å². The molecule has 0 aromatic carbocycles. The van der Waals surface area contributed by atoms with Crippen LogP contribution in [0.4, 0.5) is 0 Å². The summed E-state index contributed by atoms with van der Waals surface area (Å²) in [5.41, 5.74) is 1.15. The zero-order valence-electron chi connectivity index (χ0n) is 16.3. The fraction of sp³-hybridized carbons (Fsp3) is 0.684. The number of carbonyl (C=O) groups excluding carboxylic acids is 2. The van der Waals surface area contributed by atoms with Crippen LogP contribution < -0.4 is 5.56 Å². The predicted octanol–water partition coefficient (Wildman–Crippen LogP) is -0.417. The number of likely N-dealkylation sites (tertiary alicyclic amines) is 1. The van der Waals surface area contributed by atoms with Gasteiger partial charge < -0.3 is 14.7 Å². The van der Waals surface area contributed by atoms with E-state index in [2.05, 4.69) is 0 Å². The van der Waals surface area contributed by atoms with E-state index >= 15 is 0 Å². The number of nitrogens with zero attached hydrogens (tertiary/aromatic N) is 5. The Balaban J connectivity index is 1.67. The van der Waals surface area contributed by atoms with Crippen molar-refractivity contribution in [2.45, 2.75) is 44.7 Å². The highest BCUT2D eigenvalue weighted by molar-refractivity contribution is 5.78. The number of hydrogen-bond acceptors (Lipinski definition) is 5. The molecule has 27 heavy (non-hydrogen) atoms. The first-order valence-electron chi connectivity index (χ1n) is 9.63.